The summed E-state index contributed by atoms with van der Waals surface area (Å²) in [6.07, 6.45) is 0. The van der Waals surface area contributed by atoms with Crippen molar-refractivity contribution in [3.8, 4) is 5.75 Å². The minimum atomic E-state index is -3.82. The summed E-state index contributed by atoms with van der Waals surface area (Å²) in [6.45, 7) is 4.27. The zero-order chi connectivity index (χ0) is 20.9. The molecular weight excluding hydrogens is 388 g/mol. The number of amides is 1. The van der Waals surface area contributed by atoms with Crippen LogP contribution in [0.1, 0.15) is 22.8 Å². The third-order valence-corrected chi connectivity index (χ3v) is 5.46. The first-order chi connectivity index (χ1) is 13.9. The van der Waals surface area contributed by atoms with E-state index in [1.54, 1.807) is 48.5 Å². The third-order valence-electron chi connectivity index (χ3n) is 4.08. The van der Waals surface area contributed by atoms with E-state index in [0.29, 0.717) is 23.7 Å². The molecule has 0 unspecified atom stereocenters. The summed E-state index contributed by atoms with van der Waals surface area (Å²) in [4.78, 5) is 12.6. The quantitative estimate of drug-likeness (QED) is 0.603. The van der Waals surface area contributed by atoms with Gasteiger partial charge in [0.05, 0.1) is 11.5 Å². The molecule has 0 aliphatic heterocycles. The highest BCUT2D eigenvalue weighted by atomic mass is 32.2. The van der Waals surface area contributed by atoms with E-state index in [4.69, 9.17) is 4.74 Å². The van der Waals surface area contributed by atoms with E-state index < -0.39 is 15.9 Å². The number of nitrogens with one attached hydrogen (secondary N) is 2. The molecule has 0 heterocycles. The van der Waals surface area contributed by atoms with Gasteiger partial charge in [-0.15, -0.1) is 0 Å². The fourth-order valence-electron chi connectivity index (χ4n) is 2.76. The van der Waals surface area contributed by atoms with Crippen LogP contribution in [0.15, 0.2) is 77.7 Å². The smallest absolute Gasteiger partial charge is 0.261 e. The number of carbonyl (C=O) groups excluding carboxylic acids is 1. The van der Waals surface area contributed by atoms with E-state index in [2.05, 4.69) is 10.0 Å². The minimum Gasteiger partial charge on any atom is -0.494 e. The Morgan fingerprint density at radius 3 is 2.41 bits per heavy atom. The second-order valence-corrected chi connectivity index (χ2v) is 8.10. The maximum absolute atomic E-state index is 12.7. The lowest BCUT2D eigenvalue weighted by atomic mass is 10.2. The highest BCUT2D eigenvalue weighted by molar-refractivity contribution is 7.92. The van der Waals surface area contributed by atoms with Crippen molar-refractivity contribution in [2.45, 2.75) is 18.7 Å². The molecule has 0 saturated heterocycles. The van der Waals surface area contributed by atoms with E-state index >= 15 is 0 Å². The van der Waals surface area contributed by atoms with Crippen LogP contribution < -0.4 is 14.8 Å². The number of aryl methyl sites for hydroxylation is 1. The number of sulfonamides is 1. The number of hydrogen-bond acceptors (Lipinski definition) is 4. The Morgan fingerprint density at radius 2 is 1.66 bits per heavy atom. The molecule has 0 atom stereocenters. The van der Waals surface area contributed by atoms with E-state index in [9.17, 15) is 13.2 Å². The number of ether oxygens (including phenoxy) is 1. The van der Waals surface area contributed by atoms with Crippen LogP contribution in [-0.2, 0) is 10.0 Å². The van der Waals surface area contributed by atoms with Crippen molar-refractivity contribution in [2.24, 2.45) is 0 Å². The Morgan fingerprint density at radius 1 is 0.931 bits per heavy atom. The molecule has 0 spiro atoms. The van der Waals surface area contributed by atoms with Crippen LogP contribution in [-0.4, -0.2) is 20.9 Å². The van der Waals surface area contributed by atoms with Gasteiger partial charge in [0.25, 0.3) is 15.9 Å². The zero-order valence-corrected chi connectivity index (χ0v) is 17.0. The summed E-state index contributed by atoms with van der Waals surface area (Å²) in [6, 6.07) is 20.0. The molecule has 0 radical (unpaired) electrons. The molecule has 3 aromatic rings. The van der Waals surface area contributed by atoms with Crippen LogP contribution in [0.5, 0.6) is 5.75 Å². The van der Waals surface area contributed by atoms with E-state index in [-0.39, 0.29) is 10.5 Å². The number of hydrogen-bond donors (Lipinski definition) is 2. The molecule has 0 fully saturated rings. The predicted octanol–water partition coefficient (Wildman–Crippen LogP) is 4.45. The van der Waals surface area contributed by atoms with Crippen LogP contribution in [0.2, 0.25) is 0 Å². The van der Waals surface area contributed by atoms with E-state index in [1.165, 1.54) is 18.2 Å². The molecule has 0 aliphatic carbocycles. The monoisotopic (exact) mass is 410 g/mol. The van der Waals surface area contributed by atoms with Crippen LogP contribution >= 0.6 is 0 Å². The Hall–Kier alpha value is -3.32. The normalized spacial score (nSPS) is 11.0. The summed E-state index contributed by atoms with van der Waals surface area (Å²) in [5, 5.41) is 2.76. The topological polar surface area (TPSA) is 84.5 Å². The molecule has 2 N–H and O–H groups in total. The maximum atomic E-state index is 12.7. The first-order valence-electron chi connectivity index (χ1n) is 9.11. The lowest BCUT2D eigenvalue weighted by Gasteiger charge is -2.11. The van der Waals surface area contributed by atoms with Crippen molar-refractivity contribution in [2.75, 3.05) is 16.6 Å². The number of carbonyl (C=O) groups is 1. The predicted molar refractivity (Wildman–Crippen MR) is 114 cm³/mol. The van der Waals surface area contributed by atoms with Gasteiger partial charge in [0.2, 0.25) is 0 Å². The van der Waals surface area contributed by atoms with Gasteiger partial charge in [-0.2, -0.15) is 0 Å². The summed E-state index contributed by atoms with van der Waals surface area (Å²) in [5.41, 5.74) is 2.20. The number of rotatable bonds is 7. The molecule has 29 heavy (non-hydrogen) atoms. The van der Waals surface area contributed by atoms with Gasteiger partial charge in [-0.25, -0.2) is 8.42 Å². The van der Waals surface area contributed by atoms with Gasteiger partial charge in [-0.3, -0.25) is 9.52 Å². The lowest BCUT2D eigenvalue weighted by Crippen LogP contribution is -2.16. The Balaban J connectivity index is 1.79. The minimum absolute atomic E-state index is 0.00900. The summed E-state index contributed by atoms with van der Waals surface area (Å²) in [7, 11) is -3.82. The lowest BCUT2D eigenvalue weighted by molar-refractivity contribution is 0.102. The second-order valence-electron chi connectivity index (χ2n) is 6.42. The maximum Gasteiger partial charge on any atom is 0.261 e. The summed E-state index contributed by atoms with van der Waals surface area (Å²) < 4.78 is 33.4. The molecule has 0 aromatic heterocycles. The van der Waals surface area contributed by atoms with Gasteiger partial charge in [-0.1, -0.05) is 24.3 Å². The van der Waals surface area contributed by atoms with Gasteiger partial charge >= 0.3 is 0 Å². The molecule has 0 saturated carbocycles. The van der Waals surface area contributed by atoms with E-state index in [0.717, 1.165) is 5.56 Å². The molecule has 3 rings (SSSR count). The van der Waals surface area contributed by atoms with Gasteiger partial charge in [0.15, 0.2) is 0 Å². The fourth-order valence-corrected chi connectivity index (χ4v) is 3.86. The molecule has 150 valence electrons. The zero-order valence-electron chi connectivity index (χ0n) is 16.2. The molecule has 0 bridgehead atoms. The Kier molecular flexibility index (Phi) is 6.19. The highest BCUT2D eigenvalue weighted by Crippen LogP contribution is 2.20. The molecule has 3 aromatic carbocycles. The van der Waals surface area contributed by atoms with Crippen LogP contribution in [0.25, 0.3) is 0 Å². The van der Waals surface area contributed by atoms with Crippen LogP contribution in [0, 0.1) is 6.92 Å². The standard InChI is InChI=1S/C22H22N2O4S/c1-3-28-20-11-6-9-18(15-20)23-22(25)17-8-5-12-21(14-17)29(26,27)24-19-10-4-7-16(2)13-19/h4-15,24H,3H2,1-2H3,(H,23,25). The van der Waals surface area contributed by atoms with Gasteiger partial charge in [0.1, 0.15) is 5.75 Å². The molecule has 7 heteroatoms. The van der Waals surface area contributed by atoms with Crippen molar-refractivity contribution in [3.63, 3.8) is 0 Å². The fraction of sp³-hybridized carbons (Fsp3) is 0.136. The third kappa shape index (κ3) is 5.36. The Labute approximate surface area is 170 Å². The van der Waals surface area contributed by atoms with Crippen molar-refractivity contribution >= 4 is 27.3 Å². The van der Waals surface area contributed by atoms with E-state index in [1.807, 2.05) is 19.9 Å². The average Bonchev–Trinajstić information content (AvgIpc) is 2.68. The van der Waals surface area contributed by atoms with Gasteiger partial charge in [-0.05, 0) is 61.9 Å². The second kappa shape index (κ2) is 8.79. The van der Waals surface area contributed by atoms with Crippen molar-refractivity contribution < 1.29 is 17.9 Å². The summed E-state index contributed by atoms with van der Waals surface area (Å²) in [5.74, 6) is 0.232. The molecule has 6 nitrogen and oxygen atoms in total. The first kappa shape index (κ1) is 20.4. The van der Waals surface area contributed by atoms with Gasteiger partial charge < -0.3 is 10.1 Å². The Bertz CT molecular complexity index is 1130. The molecule has 1 amide bonds. The average molecular weight is 410 g/mol. The highest BCUT2D eigenvalue weighted by Gasteiger charge is 2.17. The number of anilines is 2. The SMILES string of the molecule is CCOc1cccc(NC(=O)c2cccc(S(=O)(=O)Nc3cccc(C)c3)c2)c1. The van der Waals surface area contributed by atoms with Crippen molar-refractivity contribution in [1.29, 1.82) is 0 Å². The first-order valence-corrected chi connectivity index (χ1v) is 10.6. The largest absolute Gasteiger partial charge is 0.494 e. The summed E-state index contributed by atoms with van der Waals surface area (Å²) >= 11 is 0. The van der Waals surface area contributed by atoms with Crippen molar-refractivity contribution in [3.05, 3.63) is 83.9 Å². The molecule has 0 aliphatic rings. The number of benzene rings is 3. The van der Waals surface area contributed by atoms with Crippen LogP contribution in [0.3, 0.4) is 0 Å². The van der Waals surface area contributed by atoms with Gasteiger partial charge in [0, 0.05) is 23.0 Å². The molecular formula is C22H22N2O4S. The van der Waals surface area contributed by atoms with Crippen molar-refractivity contribution in [1.82, 2.24) is 0 Å². The van der Waals surface area contributed by atoms with Crippen LogP contribution in [0.4, 0.5) is 11.4 Å².